The number of amides is 1. The summed E-state index contributed by atoms with van der Waals surface area (Å²) in [7, 11) is -3.37. The van der Waals surface area contributed by atoms with Crippen LogP contribution in [0.5, 0.6) is 0 Å². The fourth-order valence-electron chi connectivity index (χ4n) is 5.82. The van der Waals surface area contributed by atoms with Crippen molar-refractivity contribution < 1.29 is 27.9 Å². The van der Waals surface area contributed by atoms with E-state index in [-0.39, 0.29) is 12.2 Å². The van der Waals surface area contributed by atoms with E-state index in [1.54, 1.807) is 6.07 Å². The molecule has 1 amide bonds. The lowest BCUT2D eigenvalue weighted by atomic mass is 9.93. The van der Waals surface area contributed by atoms with Crippen LogP contribution in [0.1, 0.15) is 113 Å². The van der Waals surface area contributed by atoms with Gasteiger partial charge in [0.25, 0.3) is 5.91 Å². The van der Waals surface area contributed by atoms with Crippen LogP contribution >= 0.6 is 0 Å². The Morgan fingerprint density at radius 3 is 2.26 bits per heavy atom. The first-order chi connectivity index (χ1) is 22.0. The minimum atomic E-state index is -3.37. The van der Waals surface area contributed by atoms with Gasteiger partial charge < -0.3 is 15.2 Å². The van der Waals surface area contributed by atoms with Crippen molar-refractivity contribution in [3.8, 4) is 11.1 Å². The van der Waals surface area contributed by atoms with E-state index in [0.717, 1.165) is 73.9 Å². The van der Waals surface area contributed by atoms with E-state index >= 15 is 0 Å². The number of sulfone groups is 1. The Kier molecular flexibility index (Phi) is 17.6. The molecule has 0 aromatic heterocycles. The van der Waals surface area contributed by atoms with Crippen molar-refractivity contribution in [2.75, 3.05) is 25.2 Å². The number of carbonyl (C=O) groups is 2. The van der Waals surface area contributed by atoms with E-state index in [9.17, 15) is 23.1 Å². The van der Waals surface area contributed by atoms with Crippen LogP contribution in [-0.4, -0.2) is 73.6 Å². The summed E-state index contributed by atoms with van der Waals surface area (Å²) >= 11 is 0. The van der Waals surface area contributed by atoms with Gasteiger partial charge in [-0.05, 0) is 80.0 Å². The van der Waals surface area contributed by atoms with E-state index in [1.165, 1.54) is 32.1 Å². The molecule has 8 nitrogen and oxygen atoms in total. The quantitative estimate of drug-likeness (QED) is 0.230. The van der Waals surface area contributed by atoms with Crippen molar-refractivity contribution in [2.45, 2.75) is 124 Å². The van der Waals surface area contributed by atoms with Crippen molar-refractivity contribution in [3.05, 3.63) is 59.2 Å². The maximum absolute atomic E-state index is 13.4. The maximum Gasteiger partial charge on any atom is 0.326 e. The number of hydrogen-bond acceptors (Lipinski definition) is 6. The van der Waals surface area contributed by atoms with Crippen LogP contribution in [0.3, 0.4) is 0 Å². The standard InChI is InChI=1S/C31H42N2O6S.C4H10.C2H6/c1-22-9-6-7-13-26(22)28-19-23(20-33-17-8-10-24(33)21-39-25-11-4-3-5-12-25)14-15-27(28)30(34)32-29(31(35)36)16-18-40(2,37)38;1-3-4-2;1-2/h6-7,9,13-15,19,24-25,29H,3-5,8,10-12,16-18,20-21H2,1-2H3,(H,32,34)(H,35,36);3-4H2,1-2H3;1-2H3. The lowest BCUT2D eigenvalue weighted by Crippen LogP contribution is -2.42. The first-order valence-electron chi connectivity index (χ1n) is 17.3. The number of likely N-dealkylation sites (tertiary alicyclic amines) is 1. The molecule has 1 aliphatic carbocycles. The summed E-state index contributed by atoms with van der Waals surface area (Å²) in [6.45, 7) is 12.8. The fraction of sp³-hybridized carbons (Fsp3) is 0.622. The minimum Gasteiger partial charge on any atom is -0.480 e. The summed E-state index contributed by atoms with van der Waals surface area (Å²) in [6, 6.07) is 12.6. The Labute approximate surface area is 278 Å². The number of unbranched alkanes of at least 4 members (excludes halogenated alkanes) is 1. The van der Waals surface area contributed by atoms with E-state index in [0.29, 0.717) is 17.7 Å². The van der Waals surface area contributed by atoms with Gasteiger partial charge in [-0.15, -0.1) is 0 Å². The maximum atomic E-state index is 13.4. The highest BCUT2D eigenvalue weighted by atomic mass is 32.2. The number of aliphatic carboxylic acids is 1. The average molecular weight is 659 g/mol. The van der Waals surface area contributed by atoms with Gasteiger partial charge in [0, 0.05) is 24.4 Å². The normalized spacial score (nSPS) is 17.7. The largest absolute Gasteiger partial charge is 0.480 e. The number of carbonyl (C=O) groups excluding carboxylic acids is 1. The Hall–Kier alpha value is -2.75. The summed E-state index contributed by atoms with van der Waals surface area (Å²) in [5, 5.41) is 12.2. The highest BCUT2D eigenvalue weighted by molar-refractivity contribution is 7.90. The molecular weight excluding hydrogens is 600 g/mol. The first kappa shape index (κ1) is 39.4. The van der Waals surface area contributed by atoms with Crippen molar-refractivity contribution in [1.29, 1.82) is 0 Å². The van der Waals surface area contributed by atoms with Crippen LogP contribution in [0.4, 0.5) is 0 Å². The molecule has 2 atom stereocenters. The molecule has 2 aliphatic rings. The molecule has 2 aromatic carbocycles. The molecule has 258 valence electrons. The molecule has 0 bridgehead atoms. The zero-order valence-electron chi connectivity index (χ0n) is 29.0. The van der Waals surface area contributed by atoms with Gasteiger partial charge in [-0.3, -0.25) is 9.69 Å². The van der Waals surface area contributed by atoms with Crippen LogP contribution in [0.2, 0.25) is 0 Å². The van der Waals surface area contributed by atoms with Crippen molar-refractivity contribution >= 4 is 21.7 Å². The van der Waals surface area contributed by atoms with Crippen LogP contribution in [-0.2, 0) is 25.9 Å². The van der Waals surface area contributed by atoms with E-state index in [1.807, 2.05) is 57.2 Å². The van der Waals surface area contributed by atoms with E-state index in [2.05, 4.69) is 24.1 Å². The molecule has 1 heterocycles. The highest BCUT2D eigenvalue weighted by Crippen LogP contribution is 2.30. The second-order valence-electron chi connectivity index (χ2n) is 12.3. The van der Waals surface area contributed by atoms with Gasteiger partial charge in [0.05, 0.1) is 18.5 Å². The summed E-state index contributed by atoms with van der Waals surface area (Å²) in [5.74, 6) is -2.12. The molecule has 1 aliphatic heterocycles. The number of nitrogens with one attached hydrogen (secondary N) is 1. The van der Waals surface area contributed by atoms with Crippen LogP contribution in [0, 0.1) is 6.92 Å². The SMILES string of the molecule is CC.CCCC.Cc1ccccc1-c1cc(CN2CCCC2COC2CCCCC2)ccc1C(=O)NC(CCS(C)(=O)=O)C(=O)O. The van der Waals surface area contributed by atoms with Gasteiger partial charge in [-0.25, -0.2) is 13.2 Å². The number of nitrogens with zero attached hydrogens (tertiary/aromatic N) is 1. The Bertz CT molecular complexity index is 1320. The molecule has 2 aromatic rings. The highest BCUT2D eigenvalue weighted by Gasteiger charge is 2.28. The molecule has 4 rings (SSSR count). The third kappa shape index (κ3) is 13.2. The lowest BCUT2D eigenvalue weighted by Gasteiger charge is -2.28. The van der Waals surface area contributed by atoms with Crippen LogP contribution in [0.25, 0.3) is 11.1 Å². The number of carboxylic acids is 1. The molecule has 2 unspecified atom stereocenters. The van der Waals surface area contributed by atoms with Crippen molar-refractivity contribution in [1.82, 2.24) is 10.2 Å². The fourth-order valence-corrected chi connectivity index (χ4v) is 6.48. The molecule has 0 spiro atoms. The zero-order valence-corrected chi connectivity index (χ0v) is 29.8. The average Bonchev–Trinajstić information content (AvgIpc) is 3.49. The zero-order chi connectivity index (χ0) is 34.1. The second kappa shape index (κ2) is 20.5. The number of rotatable bonds is 13. The van der Waals surface area contributed by atoms with Crippen LogP contribution in [0.15, 0.2) is 42.5 Å². The minimum absolute atomic E-state index is 0.197. The van der Waals surface area contributed by atoms with Gasteiger partial charge in [0.1, 0.15) is 15.9 Å². The van der Waals surface area contributed by atoms with Gasteiger partial charge in [-0.1, -0.05) is 90.1 Å². The molecule has 1 saturated carbocycles. The van der Waals surface area contributed by atoms with Gasteiger partial charge >= 0.3 is 5.97 Å². The molecular formula is C37H58N2O6S. The number of hydrogen-bond donors (Lipinski definition) is 2. The topological polar surface area (TPSA) is 113 Å². The van der Waals surface area contributed by atoms with Crippen LogP contribution < -0.4 is 5.32 Å². The predicted octanol–water partition coefficient (Wildman–Crippen LogP) is 7.43. The first-order valence-corrected chi connectivity index (χ1v) is 19.3. The molecule has 1 saturated heterocycles. The molecule has 0 radical (unpaired) electrons. The number of carboxylic acid groups (broad SMARTS) is 1. The molecule has 9 heteroatoms. The third-order valence-electron chi connectivity index (χ3n) is 8.61. The van der Waals surface area contributed by atoms with Gasteiger partial charge in [-0.2, -0.15) is 0 Å². The molecule has 2 fully saturated rings. The number of aryl methyl sites for hydroxylation is 1. The number of benzene rings is 2. The Morgan fingerprint density at radius 1 is 0.978 bits per heavy atom. The summed E-state index contributed by atoms with van der Waals surface area (Å²) in [5.41, 5.74) is 4.07. The lowest BCUT2D eigenvalue weighted by molar-refractivity contribution is -0.139. The second-order valence-corrected chi connectivity index (χ2v) is 14.6. The Morgan fingerprint density at radius 2 is 1.65 bits per heavy atom. The van der Waals surface area contributed by atoms with Crippen molar-refractivity contribution in [2.24, 2.45) is 0 Å². The number of ether oxygens (including phenoxy) is 1. The van der Waals surface area contributed by atoms with E-state index < -0.39 is 27.8 Å². The predicted molar refractivity (Wildman–Crippen MR) is 188 cm³/mol. The summed E-state index contributed by atoms with van der Waals surface area (Å²) in [6.07, 6.45) is 12.3. The Balaban J connectivity index is 0.00000114. The molecule has 46 heavy (non-hydrogen) atoms. The summed E-state index contributed by atoms with van der Waals surface area (Å²) < 4.78 is 29.5. The monoisotopic (exact) mass is 658 g/mol. The summed E-state index contributed by atoms with van der Waals surface area (Å²) in [4.78, 5) is 27.6. The van der Waals surface area contributed by atoms with Crippen molar-refractivity contribution in [3.63, 3.8) is 0 Å². The van der Waals surface area contributed by atoms with Gasteiger partial charge in [0.2, 0.25) is 0 Å². The molecule has 2 N–H and O–H groups in total. The van der Waals surface area contributed by atoms with Gasteiger partial charge in [0.15, 0.2) is 0 Å². The third-order valence-corrected chi connectivity index (χ3v) is 9.58. The van der Waals surface area contributed by atoms with E-state index in [4.69, 9.17) is 4.74 Å². The smallest absolute Gasteiger partial charge is 0.326 e.